The van der Waals surface area contributed by atoms with Crippen molar-refractivity contribution in [2.24, 2.45) is 5.73 Å². The van der Waals surface area contributed by atoms with Crippen LogP contribution in [0.15, 0.2) is 8.68 Å². The fraction of sp³-hybridized carbons (Fsp3) is 0.700. The van der Waals surface area contributed by atoms with Crippen molar-refractivity contribution in [1.29, 1.82) is 0 Å². The fourth-order valence-corrected chi connectivity index (χ4v) is 4.40. The van der Waals surface area contributed by atoms with Crippen LogP contribution in [0.2, 0.25) is 0 Å². The Morgan fingerprint density at radius 3 is 2.83 bits per heavy atom. The van der Waals surface area contributed by atoms with Crippen LogP contribution in [0.25, 0.3) is 0 Å². The number of primary amides is 1. The van der Waals surface area contributed by atoms with Gasteiger partial charge in [-0.25, -0.2) is 0 Å². The summed E-state index contributed by atoms with van der Waals surface area (Å²) in [7, 11) is 0. The summed E-state index contributed by atoms with van der Waals surface area (Å²) in [6.07, 6.45) is 3.90. The van der Waals surface area contributed by atoms with Gasteiger partial charge in [-0.05, 0) is 19.3 Å². The highest BCUT2D eigenvalue weighted by Crippen LogP contribution is 2.30. The zero-order valence-corrected chi connectivity index (χ0v) is 12.3. The normalized spacial score (nSPS) is 19.9. The van der Waals surface area contributed by atoms with Crippen LogP contribution in [0.3, 0.4) is 0 Å². The maximum Gasteiger partial charge on any atom is 0.227 e. The van der Waals surface area contributed by atoms with E-state index in [1.807, 2.05) is 0 Å². The van der Waals surface area contributed by atoms with Crippen LogP contribution < -0.4 is 5.73 Å². The summed E-state index contributed by atoms with van der Waals surface area (Å²) in [5.41, 5.74) is 5.08. The van der Waals surface area contributed by atoms with Crippen molar-refractivity contribution in [2.45, 2.75) is 34.0 Å². The molecule has 0 aromatic carbocycles. The van der Waals surface area contributed by atoms with E-state index < -0.39 is 0 Å². The van der Waals surface area contributed by atoms with Gasteiger partial charge in [0.25, 0.3) is 0 Å². The average Bonchev–Trinajstić information content (AvgIpc) is 2.83. The van der Waals surface area contributed by atoms with Crippen molar-refractivity contribution in [3.8, 4) is 0 Å². The first-order chi connectivity index (χ1) is 8.74. The Kier molecular flexibility index (Phi) is 5.74. The smallest absolute Gasteiger partial charge is 0.227 e. The van der Waals surface area contributed by atoms with Crippen molar-refractivity contribution < 1.29 is 9.53 Å². The van der Waals surface area contributed by atoms with E-state index in [9.17, 15) is 4.79 Å². The molecule has 8 heteroatoms. The Bertz CT molecular complexity index is 393. The topological polar surface area (TPSA) is 78.1 Å². The highest BCUT2D eigenvalue weighted by Gasteiger charge is 2.15. The second kappa shape index (κ2) is 7.32. The molecule has 2 rings (SSSR count). The summed E-state index contributed by atoms with van der Waals surface area (Å²) < 4.78 is 7.37. The van der Waals surface area contributed by atoms with Gasteiger partial charge in [-0.15, -0.1) is 10.2 Å². The van der Waals surface area contributed by atoms with Gasteiger partial charge in [-0.3, -0.25) is 4.79 Å². The van der Waals surface area contributed by atoms with E-state index in [1.165, 1.54) is 35.9 Å². The molecule has 1 aromatic rings. The van der Waals surface area contributed by atoms with Crippen molar-refractivity contribution in [2.75, 3.05) is 18.1 Å². The first kappa shape index (κ1) is 14.1. The average molecular weight is 305 g/mol. The molecule has 0 radical (unpaired) electrons. The van der Waals surface area contributed by atoms with Crippen LogP contribution in [0.1, 0.15) is 19.3 Å². The van der Waals surface area contributed by atoms with Gasteiger partial charge in [-0.2, -0.15) is 0 Å². The number of nitrogens with two attached hydrogens (primary N) is 1. The Labute approximate surface area is 118 Å². The van der Waals surface area contributed by atoms with E-state index in [-0.39, 0.29) is 11.7 Å². The molecule has 1 aliphatic heterocycles. The lowest BCUT2D eigenvalue weighted by molar-refractivity contribution is -0.115. The molecule has 0 bridgehead atoms. The summed E-state index contributed by atoms with van der Waals surface area (Å²) in [4.78, 5) is 10.6. The number of thioether (sulfide) groups is 2. The van der Waals surface area contributed by atoms with Gasteiger partial charge in [0.2, 0.25) is 5.91 Å². The molecule has 1 atom stereocenters. The van der Waals surface area contributed by atoms with Crippen molar-refractivity contribution in [3.63, 3.8) is 0 Å². The lowest BCUT2D eigenvalue weighted by atomic mass is 10.1. The van der Waals surface area contributed by atoms with Gasteiger partial charge >= 0.3 is 0 Å². The molecule has 1 saturated heterocycles. The van der Waals surface area contributed by atoms with E-state index in [2.05, 4.69) is 10.2 Å². The molecule has 0 aliphatic carbocycles. The SMILES string of the molecule is NC(=O)CSc1nnc(SC[C@H]2CCCCO2)s1. The maximum atomic E-state index is 10.6. The van der Waals surface area contributed by atoms with Crippen LogP contribution >= 0.6 is 34.9 Å². The van der Waals surface area contributed by atoms with Crippen LogP contribution in [0.5, 0.6) is 0 Å². The van der Waals surface area contributed by atoms with Gasteiger partial charge in [0.15, 0.2) is 8.68 Å². The first-order valence-electron chi connectivity index (χ1n) is 5.73. The van der Waals surface area contributed by atoms with Crippen molar-refractivity contribution in [3.05, 3.63) is 0 Å². The van der Waals surface area contributed by atoms with E-state index in [1.54, 1.807) is 11.8 Å². The summed E-state index contributed by atoms with van der Waals surface area (Å²) >= 11 is 4.51. The number of carbonyl (C=O) groups excluding carboxylic acids is 1. The second-order valence-corrected chi connectivity index (χ2v) is 7.36. The lowest BCUT2D eigenvalue weighted by Crippen LogP contribution is -2.21. The van der Waals surface area contributed by atoms with Crippen LogP contribution in [-0.2, 0) is 9.53 Å². The Morgan fingerprint density at radius 2 is 2.17 bits per heavy atom. The fourth-order valence-electron chi connectivity index (χ4n) is 1.55. The lowest BCUT2D eigenvalue weighted by Gasteiger charge is -2.21. The number of carbonyl (C=O) groups is 1. The summed E-state index contributed by atoms with van der Waals surface area (Å²) in [6, 6.07) is 0. The monoisotopic (exact) mass is 305 g/mol. The van der Waals surface area contributed by atoms with Crippen LogP contribution in [-0.4, -0.2) is 40.3 Å². The Hall–Kier alpha value is -0.310. The third-order valence-corrected chi connectivity index (χ3v) is 5.74. The highest BCUT2D eigenvalue weighted by molar-refractivity contribution is 8.03. The Balaban J connectivity index is 1.73. The molecule has 1 aromatic heterocycles. The Morgan fingerprint density at radius 1 is 1.39 bits per heavy atom. The standard InChI is InChI=1S/C10H15N3O2S3/c11-8(14)6-17-10-13-12-9(18-10)16-5-7-3-1-2-4-15-7/h7H,1-6H2,(H2,11,14)/t7-/m1/s1. The summed E-state index contributed by atoms with van der Waals surface area (Å²) in [6.45, 7) is 0.876. The van der Waals surface area contributed by atoms with E-state index in [4.69, 9.17) is 10.5 Å². The van der Waals surface area contributed by atoms with Gasteiger partial charge in [0.1, 0.15) is 0 Å². The van der Waals surface area contributed by atoms with Crippen molar-refractivity contribution >= 4 is 40.8 Å². The van der Waals surface area contributed by atoms with E-state index in [0.29, 0.717) is 6.10 Å². The number of aromatic nitrogens is 2. The van der Waals surface area contributed by atoms with Gasteiger partial charge in [0, 0.05) is 12.4 Å². The third kappa shape index (κ3) is 4.75. The number of amides is 1. The van der Waals surface area contributed by atoms with Crippen LogP contribution in [0, 0.1) is 0 Å². The van der Waals surface area contributed by atoms with Gasteiger partial charge < -0.3 is 10.5 Å². The maximum absolute atomic E-state index is 10.6. The number of nitrogens with zero attached hydrogens (tertiary/aromatic N) is 2. The number of rotatable bonds is 6. The van der Waals surface area contributed by atoms with Gasteiger partial charge in [0.05, 0.1) is 11.9 Å². The molecule has 2 N–H and O–H groups in total. The quantitative estimate of drug-likeness (QED) is 0.807. The number of hydrogen-bond acceptors (Lipinski definition) is 7. The molecule has 18 heavy (non-hydrogen) atoms. The predicted octanol–water partition coefficient (Wildman–Crippen LogP) is 1.78. The molecule has 5 nitrogen and oxygen atoms in total. The summed E-state index contributed by atoms with van der Waals surface area (Å²) in [5.74, 6) is 0.847. The number of ether oxygens (including phenoxy) is 1. The number of hydrogen-bond donors (Lipinski definition) is 1. The largest absolute Gasteiger partial charge is 0.377 e. The molecule has 2 heterocycles. The molecular formula is C10H15N3O2S3. The minimum Gasteiger partial charge on any atom is -0.377 e. The third-order valence-electron chi connectivity index (χ3n) is 2.39. The molecule has 0 saturated carbocycles. The van der Waals surface area contributed by atoms with Crippen molar-refractivity contribution in [1.82, 2.24) is 10.2 Å². The van der Waals surface area contributed by atoms with E-state index >= 15 is 0 Å². The van der Waals surface area contributed by atoms with E-state index in [0.717, 1.165) is 27.5 Å². The molecule has 1 amide bonds. The zero-order valence-electron chi connectivity index (χ0n) is 9.83. The highest BCUT2D eigenvalue weighted by atomic mass is 32.2. The molecule has 0 spiro atoms. The molecule has 1 aliphatic rings. The van der Waals surface area contributed by atoms with Gasteiger partial charge in [-0.1, -0.05) is 34.9 Å². The first-order valence-corrected chi connectivity index (χ1v) is 8.52. The molecule has 1 fully saturated rings. The predicted molar refractivity (Wildman–Crippen MR) is 74.1 cm³/mol. The zero-order chi connectivity index (χ0) is 12.8. The minimum atomic E-state index is -0.333. The molecular weight excluding hydrogens is 290 g/mol. The second-order valence-electron chi connectivity index (χ2n) is 3.89. The molecule has 100 valence electrons. The summed E-state index contributed by atoms with van der Waals surface area (Å²) in [5, 5.41) is 8.10. The molecule has 0 unspecified atom stereocenters. The minimum absolute atomic E-state index is 0.255. The van der Waals surface area contributed by atoms with Crippen LogP contribution in [0.4, 0.5) is 0 Å².